The van der Waals surface area contributed by atoms with Gasteiger partial charge in [0.05, 0.1) is 6.10 Å². The van der Waals surface area contributed by atoms with Crippen LogP contribution in [0.25, 0.3) is 0 Å². The van der Waals surface area contributed by atoms with Crippen LogP contribution in [-0.2, 0) is 4.74 Å². The number of rotatable bonds is 6. The van der Waals surface area contributed by atoms with Crippen molar-refractivity contribution in [3.05, 3.63) is 0 Å². The lowest BCUT2D eigenvalue weighted by atomic mass is 9.58. The van der Waals surface area contributed by atoms with Crippen LogP contribution in [-0.4, -0.2) is 17.5 Å². The summed E-state index contributed by atoms with van der Waals surface area (Å²) < 4.78 is 6.16. The summed E-state index contributed by atoms with van der Waals surface area (Å²) in [5.74, 6) is 0. The van der Waals surface area contributed by atoms with Crippen molar-refractivity contribution in [3.63, 3.8) is 0 Å². The van der Waals surface area contributed by atoms with Gasteiger partial charge < -0.3 is 4.74 Å². The highest BCUT2D eigenvalue weighted by atomic mass is 79.9. The molecular formula is C15H27BrO. The third-order valence-corrected chi connectivity index (χ3v) is 6.07. The predicted molar refractivity (Wildman–Crippen MR) is 76.7 cm³/mol. The Labute approximate surface area is 115 Å². The molecule has 0 N–H and O–H groups in total. The molecule has 0 amide bonds. The molecule has 0 aliphatic heterocycles. The Balaban J connectivity index is 1.70. The summed E-state index contributed by atoms with van der Waals surface area (Å²) in [7, 11) is 0. The fourth-order valence-electron chi connectivity index (χ4n) is 3.53. The molecular weight excluding hydrogens is 276 g/mol. The lowest BCUT2D eigenvalue weighted by molar-refractivity contribution is -0.121. The minimum absolute atomic E-state index is 0.517. The number of unbranched alkanes of at least 4 members (excludes halogenated alkanes) is 3. The first-order chi connectivity index (χ1) is 8.29. The van der Waals surface area contributed by atoms with Gasteiger partial charge in [0.25, 0.3) is 0 Å². The van der Waals surface area contributed by atoms with Crippen molar-refractivity contribution in [1.29, 1.82) is 0 Å². The minimum Gasteiger partial charge on any atom is -0.378 e. The van der Waals surface area contributed by atoms with Gasteiger partial charge in [-0.1, -0.05) is 61.4 Å². The summed E-state index contributed by atoms with van der Waals surface area (Å²) in [5, 5.41) is 0. The quantitative estimate of drug-likeness (QED) is 0.492. The van der Waals surface area contributed by atoms with Gasteiger partial charge in [-0.05, 0) is 25.7 Å². The van der Waals surface area contributed by atoms with Gasteiger partial charge in [0.1, 0.15) is 0 Å². The van der Waals surface area contributed by atoms with Crippen LogP contribution in [0.2, 0.25) is 0 Å². The van der Waals surface area contributed by atoms with Gasteiger partial charge in [-0.2, -0.15) is 0 Å². The molecule has 2 aliphatic carbocycles. The van der Waals surface area contributed by atoms with E-state index in [-0.39, 0.29) is 0 Å². The van der Waals surface area contributed by atoms with Crippen molar-refractivity contribution in [3.8, 4) is 0 Å². The Morgan fingerprint density at radius 3 is 2.53 bits per heavy atom. The van der Waals surface area contributed by atoms with Gasteiger partial charge in [0.15, 0.2) is 0 Å². The maximum absolute atomic E-state index is 6.16. The largest absolute Gasteiger partial charge is 0.378 e. The van der Waals surface area contributed by atoms with Crippen LogP contribution in [0.5, 0.6) is 0 Å². The van der Waals surface area contributed by atoms with Crippen molar-refractivity contribution in [2.24, 2.45) is 5.41 Å². The maximum atomic E-state index is 6.16. The van der Waals surface area contributed by atoms with Crippen LogP contribution in [0.15, 0.2) is 0 Å². The normalized spacial score (nSPS) is 31.4. The van der Waals surface area contributed by atoms with E-state index in [1.54, 1.807) is 0 Å². The molecule has 2 aliphatic rings. The Hall–Kier alpha value is 0.440. The van der Waals surface area contributed by atoms with Crippen LogP contribution in [0, 0.1) is 5.41 Å². The second-order valence-corrected chi connectivity index (χ2v) is 7.02. The number of hydrogen-bond donors (Lipinski definition) is 0. The molecule has 17 heavy (non-hydrogen) atoms. The molecule has 0 heterocycles. The molecule has 0 aromatic carbocycles. The first-order valence-electron chi connectivity index (χ1n) is 7.55. The van der Waals surface area contributed by atoms with E-state index in [1.807, 2.05) is 0 Å². The van der Waals surface area contributed by atoms with Gasteiger partial charge in [-0.3, -0.25) is 0 Å². The third-order valence-electron chi connectivity index (χ3n) is 4.79. The maximum Gasteiger partial charge on any atom is 0.0652 e. The van der Waals surface area contributed by atoms with E-state index in [9.17, 15) is 0 Å². The third kappa shape index (κ3) is 3.07. The summed E-state index contributed by atoms with van der Waals surface area (Å²) in [6, 6.07) is 0. The van der Waals surface area contributed by atoms with Crippen molar-refractivity contribution in [2.45, 2.75) is 82.1 Å². The number of ether oxygens (including phenoxy) is 1. The first kappa shape index (κ1) is 13.9. The molecule has 2 saturated carbocycles. The number of halogens is 1. The summed E-state index contributed by atoms with van der Waals surface area (Å²) in [4.78, 5) is 0.732. The molecule has 2 heteroatoms. The Morgan fingerprint density at radius 1 is 1.12 bits per heavy atom. The van der Waals surface area contributed by atoms with Crippen molar-refractivity contribution in [2.75, 3.05) is 6.61 Å². The highest BCUT2D eigenvalue weighted by Gasteiger charge is 2.54. The minimum atomic E-state index is 0.517. The Morgan fingerprint density at radius 2 is 1.88 bits per heavy atom. The Kier molecular flexibility index (Phi) is 5.35. The lowest BCUT2D eigenvalue weighted by Gasteiger charge is -2.55. The van der Waals surface area contributed by atoms with Gasteiger partial charge >= 0.3 is 0 Å². The molecule has 2 unspecified atom stereocenters. The molecule has 2 rings (SSSR count). The molecule has 0 aromatic heterocycles. The number of alkyl halides is 1. The van der Waals surface area contributed by atoms with E-state index < -0.39 is 0 Å². The molecule has 100 valence electrons. The second kappa shape index (κ2) is 6.56. The monoisotopic (exact) mass is 302 g/mol. The second-order valence-electron chi connectivity index (χ2n) is 5.92. The zero-order valence-electron chi connectivity index (χ0n) is 11.2. The summed E-state index contributed by atoms with van der Waals surface area (Å²) in [6.45, 7) is 3.26. The highest BCUT2D eigenvalue weighted by Crippen LogP contribution is 2.56. The van der Waals surface area contributed by atoms with Crippen LogP contribution in [0.3, 0.4) is 0 Å². The van der Waals surface area contributed by atoms with E-state index >= 15 is 0 Å². The summed E-state index contributed by atoms with van der Waals surface area (Å²) in [5.41, 5.74) is 0.517. The van der Waals surface area contributed by atoms with E-state index in [4.69, 9.17) is 4.74 Å². The average Bonchev–Trinajstić information content (AvgIpc) is 2.38. The zero-order valence-corrected chi connectivity index (χ0v) is 12.8. The van der Waals surface area contributed by atoms with Gasteiger partial charge in [-0.15, -0.1) is 0 Å². The van der Waals surface area contributed by atoms with E-state index in [0.717, 1.165) is 11.4 Å². The van der Waals surface area contributed by atoms with Crippen LogP contribution in [0.1, 0.15) is 71.1 Å². The lowest BCUT2D eigenvalue weighted by Crippen LogP contribution is -2.56. The fraction of sp³-hybridized carbons (Fsp3) is 1.00. The standard InChI is InChI=1S/C15H27BrO/c1-2-3-4-8-11-17-14-12-13(16)15(14)9-6-5-7-10-15/h13-14H,2-12H2,1H3. The average molecular weight is 303 g/mol. The molecule has 2 fully saturated rings. The van der Waals surface area contributed by atoms with E-state index in [1.165, 1.54) is 64.2 Å². The molecule has 0 aromatic rings. The van der Waals surface area contributed by atoms with Crippen molar-refractivity contribution >= 4 is 15.9 Å². The zero-order chi connectivity index (χ0) is 12.1. The van der Waals surface area contributed by atoms with E-state index in [2.05, 4.69) is 22.9 Å². The molecule has 1 nitrogen and oxygen atoms in total. The van der Waals surface area contributed by atoms with Gasteiger partial charge in [0.2, 0.25) is 0 Å². The van der Waals surface area contributed by atoms with Crippen LogP contribution >= 0.6 is 15.9 Å². The smallest absolute Gasteiger partial charge is 0.0652 e. The van der Waals surface area contributed by atoms with Gasteiger partial charge in [0, 0.05) is 16.8 Å². The number of hydrogen-bond acceptors (Lipinski definition) is 1. The topological polar surface area (TPSA) is 9.23 Å². The summed E-state index contributed by atoms with van der Waals surface area (Å²) >= 11 is 3.87. The highest BCUT2D eigenvalue weighted by molar-refractivity contribution is 9.09. The molecule has 0 radical (unpaired) electrons. The van der Waals surface area contributed by atoms with Crippen molar-refractivity contribution in [1.82, 2.24) is 0 Å². The predicted octanol–water partition coefficient (Wildman–Crippen LogP) is 5.07. The summed E-state index contributed by atoms with van der Waals surface area (Å²) in [6.07, 6.45) is 14.1. The first-order valence-corrected chi connectivity index (χ1v) is 8.47. The van der Waals surface area contributed by atoms with Crippen LogP contribution in [0.4, 0.5) is 0 Å². The SMILES string of the molecule is CCCCCCOC1CC(Br)C12CCCCC2. The molecule has 0 saturated heterocycles. The molecule has 1 spiro atoms. The molecule has 0 bridgehead atoms. The Bertz CT molecular complexity index is 223. The van der Waals surface area contributed by atoms with Gasteiger partial charge in [-0.25, -0.2) is 0 Å². The van der Waals surface area contributed by atoms with E-state index in [0.29, 0.717) is 11.5 Å². The van der Waals surface area contributed by atoms with Crippen molar-refractivity contribution < 1.29 is 4.74 Å². The molecule has 2 atom stereocenters. The fourth-order valence-corrected chi connectivity index (χ4v) is 4.62. The van der Waals surface area contributed by atoms with Crippen LogP contribution < -0.4 is 0 Å².